The van der Waals surface area contributed by atoms with Crippen molar-refractivity contribution in [3.8, 4) is 0 Å². The second-order valence-electron chi connectivity index (χ2n) is 4.46. The second-order valence-corrected chi connectivity index (χ2v) is 4.46. The first kappa shape index (κ1) is 12.8. The van der Waals surface area contributed by atoms with Crippen LogP contribution in [0.1, 0.15) is 24.2 Å². The molecule has 0 bridgehead atoms. The lowest BCUT2D eigenvalue weighted by Gasteiger charge is -2.09. The molecular formula is C14H17FN2O. The molecule has 0 fully saturated rings. The molecule has 2 aromatic rings. The van der Waals surface area contributed by atoms with Crippen LogP contribution in [0, 0.1) is 5.82 Å². The minimum atomic E-state index is -0.321. The summed E-state index contributed by atoms with van der Waals surface area (Å²) < 4.78 is 15.2. The number of halogens is 1. The quantitative estimate of drug-likeness (QED) is 0.843. The number of carbonyl (C=O) groups excluding carboxylic acids is 1. The van der Waals surface area contributed by atoms with Crippen molar-refractivity contribution in [3.63, 3.8) is 0 Å². The van der Waals surface area contributed by atoms with E-state index in [0.717, 1.165) is 12.1 Å². The zero-order valence-electron chi connectivity index (χ0n) is 10.8. The van der Waals surface area contributed by atoms with Gasteiger partial charge in [0.25, 0.3) is 0 Å². The Hall–Kier alpha value is -1.68. The molecule has 1 aromatic carbocycles. The summed E-state index contributed by atoms with van der Waals surface area (Å²) in [5.74, 6) is -0.327. The van der Waals surface area contributed by atoms with Crippen LogP contribution in [0.3, 0.4) is 0 Å². The van der Waals surface area contributed by atoms with Crippen molar-refractivity contribution in [3.05, 3.63) is 35.8 Å². The Morgan fingerprint density at radius 3 is 2.89 bits per heavy atom. The van der Waals surface area contributed by atoms with E-state index in [-0.39, 0.29) is 17.6 Å². The van der Waals surface area contributed by atoms with Crippen molar-refractivity contribution < 1.29 is 9.18 Å². The van der Waals surface area contributed by atoms with Gasteiger partial charge in [0, 0.05) is 29.7 Å². The monoisotopic (exact) mass is 248 g/mol. The lowest BCUT2D eigenvalue weighted by molar-refractivity contribution is 0.0953. The molecule has 1 N–H and O–H groups in total. The fraction of sp³-hybridized carbons (Fsp3) is 0.357. The molecule has 1 unspecified atom stereocenters. The third-order valence-electron chi connectivity index (χ3n) is 3.12. The van der Waals surface area contributed by atoms with E-state index < -0.39 is 0 Å². The third-order valence-corrected chi connectivity index (χ3v) is 3.12. The number of aromatic nitrogens is 1. The van der Waals surface area contributed by atoms with Crippen LogP contribution in [0.15, 0.2) is 24.4 Å². The van der Waals surface area contributed by atoms with Crippen LogP contribution in [0.2, 0.25) is 0 Å². The number of hydrogen-bond acceptors (Lipinski definition) is 2. The van der Waals surface area contributed by atoms with Crippen molar-refractivity contribution in [2.45, 2.75) is 19.9 Å². The molecule has 0 radical (unpaired) electrons. The van der Waals surface area contributed by atoms with E-state index in [1.54, 1.807) is 12.3 Å². The van der Waals surface area contributed by atoms with Crippen molar-refractivity contribution in [1.29, 1.82) is 0 Å². The molecule has 2 rings (SSSR count). The van der Waals surface area contributed by atoms with Crippen molar-refractivity contribution in [2.75, 3.05) is 6.54 Å². The summed E-state index contributed by atoms with van der Waals surface area (Å²) in [5.41, 5.74) is 1.43. The van der Waals surface area contributed by atoms with Crippen molar-refractivity contribution in [1.82, 2.24) is 9.88 Å². The molecule has 3 nitrogen and oxygen atoms in total. The first-order valence-corrected chi connectivity index (χ1v) is 6.06. The minimum absolute atomic E-state index is 0.00644. The highest BCUT2D eigenvalue weighted by Crippen LogP contribution is 2.22. The number of Topliss-reactive ketones (excluding diaryl/α,β-unsaturated/α-hetero) is 1. The van der Waals surface area contributed by atoms with E-state index in [1.165, 1.54) is 12.1 Å². The summed E-state index contributed by atoms with van der Waals surface area (Å²) in [6.45, 7) is 4.50. The maximum atomic E-state index is 13.3. The van der Waals surface area contributed by atoms with Crippen LogP contribution < -0.4 is 5.32 Å². The van der Waals surface area contributed by atoms with Gasteiger partial charge in [0.15, 0.2) is 5.78 Å². The summed E-state index contributed by atoms with van der Waals surface area (Å²) in [5, 5.41) is 3.75. The predicted octanol–water partition coefficient (Wildman–Crippen LogP) is 2.50. The summed E-state index contributed by atoms with van der Waals surface area (Å²) in [4.78, 5) is 12.3. The summed E-state index contributed by atoms with van der Waals surface area (Å²) in [6, 6.07) is 4.26. The number of nitrogens with zero attached hydrogens (tertiary/aromatic N) is 1. The topological polar surface area (TPSA) is 34.0 Å². The zero-order valence-corrected chi connectivity index (χ0v) is 10.8. The molecular weight excluding hydrogens is 231 g/mol. The Kier molecular flexibility index (Phi) is 3.48. The maximum absolute atomic E-state index is 13.3. The number of benzene rings is 1. The predicted molar refractivity (Wildman–Crippen MR) is 70.3 cm³/mol. The van der Waals surface area contributed by atoms with E-state index in [1.807, 2.05) is 25.5 Å². The van der Waals surface area contributed by atoms with E-state index in [2.05, 4.69) is 5.32 Å². The highest BCUT2D eigenvalue weighted by molar-refractivity contribution is 6.10. The smallest absolute Gasteiger partial charge is 0.181 e. The molecule has 1 heterocycles. The molecule has 0 aliphatic heterocycles. The molecule has 1 atom stereocenters. The van der Waals surface area contributed by atoms with E-state index in [9.17, 15) is 9.18 Å². The first-order valence-electron chi connectivity index (χ1n) is 6.06. The van der Waals surface area contributed by atoms with Crippen LogP contribution >= 0.6 is 0 Å². The fourth-order valence-electron chi connectivity index (χ4n) is 2.19. The number of ketones is 1. The van der Waals surface area contributed by atoms with Gasteiger partial charge in [-0.05, 0) is 31.7 Å². The Morgan fingerprint density at radius 2 is 2.22 bits per heavy atom. The molecule has 0 amide bonds. The number of hydrogen-bond donors (Lipinski definition) is 1. The van der Waals surface area contributed by atoms with Gasteiger partial charge in [-0.3, -0.25) is 4.79 Å². The van der Waals surface area contributed by atoms with Crippen molar-refractivity contribution >= 4 is 16.7 Å². The Bertz CT molecular complexity index is 589. The molecule has 96 valence electrons. The highest BCUT2D eigenvalue weighted by atomic mass is 19.1. The van der Waals surface area contributed by atoms with Gasteiger partial charge in [0.2, 0.25) is 0 Å². The van der Waals surface area contributed by atoms with Crippen LogP contribution in [0.5, 0.6) is 0 Å². The van der Waals surface area contributed by atoms with Gasteiger partial charge in [-0.2, -0.15) is 0 Å². The Labute approximate surface area is 106 Å². The average molecular weight is 248 g/mol. The molecule has 4 heteroatoms. The molecule has 0 aliphatic carbocycles. The maximum Gasteiger partial charge on any atom is 0.181 e. The number of aryl methyl sites for hydroxylation is 1. The van der Waals surface area contributed by atoms with Gasteiger partial charge in [0.1, 0.15) is 5.82 Å². The van der Waals surface area contributed by atoms with Gasteiger partial charge in [-0.1, -0.05) is 6.92 Å². The molecule has 0 spiro atoms. The largest absolute Gasteiger partial charge is 0.350 e. The highest BCUT2D eigenvalue weighted by Gasteiger charge is 2.19. The van der Waals surface area contributed by atoms with Gasteiger partial charge in [-0.25, -0.2) is 4.39 Å². The molecule has 18 heavy (non-hydrogen) atoms. The third kappa shape index (κ3) is 2.16. The van der Waals surface area contributed by atoms with E-state index >= 15 is 0 Å². The van der Waals surface area contributed by atoms with E-state index in [4.69, 9.17) is 0 Å². The summed E-state index contributed by atoms with van der Waals surface area (Å²) >= 11 is 0. The lowest BCUT2D eigenvalue weighted by atomic mass is 10.0. The van der Waals surface area contributed by atoms with Crippen LogP contribution in [-0.2, 0) is 7.05 Å². The van der Waals surface area contributed by atoms with Gasteiger partial charge < -0.3 is 9.88 Å². The average Bonchev–Trinajstić information content (AvgIpc) is 2.65. The first-order chi connectivity index (χ1) is 8.54. The summed E-state index contributed by atoms with van der Waals surface area (Å²) in [6.07, 6.45) is 1.76. The number of rotatable bonds is 4. The number of likely N-dealkylation sites (N-methyl/N-ethyl adjacent to an activating group) is 1. The van der Waals surface area contributed by atoms with Crippen LogP contribution in [0.25, 0.3) is 10.9 Å². The Morgan fingerprint density at radius 1 is 1.50 bits per heavy atom. The van der Waals surface area contributed by atoms with E-state index in [0.29, 0.717) is 10.9 Å². The summed E-state index contributed by atoms with van der Waals surface area (Å²) in [7, 11) is 1.86. The molecule has 0 saturated heterocycles. The normalized spacial score (nSPS) is 12.9. The molecule has 1 aromatic heterocycles. The standard InChI is InChI=1S/C14H17FN2O/c1-4-16-9(2)14(18)12-8-17(3)13-6-5-10(15)7-11(12)13/h5-9,16H,4H2,1-3H3. The molecule has 0 saturated carbocycles. The van der Waals surface area contributed by atoms with Crippen molar-refractivity contribution in [2.24, 2.45) is 7.05 Å². The van der Waals surface area contributed by atoms with Crippen LogP contribution in [-0.4, -0.2) is 22.9 Å². The minimum Gasteiger partial charge on any atom is -0.350 e. The van der Waals surface area contributed by atoms with Gasteiger partial charge in [0.05, 0.1) is 6.04 Å². The fourth-order valence-corrected chi connectivity index (χ4v) is 2.19. The number of fused-ring (bicyclic) bond motifs is 1. The zero-order chi connectivity index (χ0) is 13.3. The SMILES string of the molecule is CCNC(C)C(=O)c1cn(C)c2ccc(F)cc12. The Balaban J connectivity index is 2.51. The lowest BCUT2D eigenvalue weighted by Crippen LogP contribution is -2.33. The van der Waals surface area contributed by atoms with Crippen LogP contribution in [0.4, 0.5) is 4.39 Å². The molecule has 0 aliphatic rings. The second kappa shape index (κ2) is 4.90. The van der Waals surface area contributed by atoms with Gasteiger partial charge in [-0.15, -0.1) is 0 Å². The van der Waals surface area contributed by atoms with Gasteiger partial charge >= 0.3 is 0 Å². The number of nitrogens with one attached hydrogen (secondary N) is 1. The number of carbonyl (C=O) groups is 1.